The molecule has 0 saturated heterocycles. The van der Waals surface area contributed by atoms with E-state index in [0.29, 0.717) is 26.4 Å². The molecule has 0 aromatic heterocycles. The number of hydrogen-bond acceptors (Lipinski definition) is 5. The average molecular weight is 329 g/mol. The van der Waals surface area contributed by atoms with Gasteiger partial charge >= 0.3 is 0 Å². The molecule has 1 aliphatic heterocycles. The molecular formula is C19H23NO4. The molecule has 0 bridgehead atoms. The van der Waals surface area contributed by atoms with Gasteiger partial charge in [-0.3, -0.25) is 0 Å². The lowest BCUT2D eigenvalue weighted by molar-refractivity contribution is 0.0348. The highest BCUT2D eigenvalue weighted by molar-refractivity contribution is 5.55. The predicted molar refractivity (Wildman–Crippen MR) is 92.6 cm³/mol. The molecule has 5 nitrogen and oxygen atoms in total. The number of nitrogens with one attached hydrogen (secondary N) is 1. The first-order valence-corrected chi connectivity index (χ1v) is 8.24. The molecule has 1 unspecified atom stereocenters. The third-order valence-electron chi connectivity index (χ3n) is 3.71. The number of ether oxygens (including phenoxy) is 3. The van der Waals surface area contributed by atoms with E-state index in [1.54, 1.807) is 0 Å². The van der Waals surface area contributed by atoms with Crippen LogP contribution in [0.1, 0.15) is 12.0 Å². The van der Waals surface area contributed by atoms with Crippen molar-refractivity contribution in [2.45, 2.75) is 19.1 Å². The van der Waals surface area contributed by atoms with Crippen LogP contribution in [0, 0.1) is 0 Å². The average Bonchev–Trinajstić information content (AvgIpc) is 2.86. The molecule has 2 N–H and O–H groups in total. The van der Waals surface area contributed by atoms with E-state index in [1.807, 2.05) is 48.5 Å². The zero-order valence-corrected chi connectivity index (χ0v) is 13.6. The lowest BCUT2D eigenvalue weighted by atomic mass is 10.2. The fourth-order valence-electron chi connectivity index (χ4n) is 2.45. The Hall–Kier alpha value is -2.24. The number of hydrogen-bond donors (Lipinski definition) is 2. The third kappa shape index (κ3) is 4.88. The minimum absolute atomic E-state index is 0.284. The molecule has 3 rings (SSSR count). The molecule has 0 fully saturated rings. The third-order valence-corrected chi connectivity index (χ3v) is 3.71. The van der Waals surface area contributed by atoms with Gasteiger partial charge in [-0.25, -0.2) is 0 Å². The molecule has 0 aliphatic carbocycles. The van der Waals surface area contributed by atoms with E-state index < -0.39 is 6.10 Å². The lowest BCUT2D eigenvalue weighted by Crippen LogP contribution is -2.24. The molecule has 0 amide bonds. The second-order valence-corrected chi connectivity index (χ2v) is 5.75. The molecule has 24 heavy (non-hydrogen) atoms. The smallest absolute Gasteiger partial charge is 0.163 e. The Balaban J connectivity index is 1.42. The monoisotopic (exact) mass is 329 g/mol. The van der Waals surface area contributed by atoms with Crippen molar-refractivity contribution < 1.29 is 19.3 Å². The number of fused-ring (bicyclic) bond motifs is 1. The van der Waals surface area contributed by atoms with E-state index in [-0.39, 0.29) is 6.61 Å². The highest BCUT2D eigenvalue weighted by atomic mass is 16.5. The maximum Gasteiger partial charge on any atom is 0.163 e. The van der Waals surface area contributed by atoms with Crippen LogP contribution < -0.4 is 14.8 Å². The second-order valence-electron chi connectivity index (χ2n) is 5.75. The highest BCUT2D eigenvalue weighted by Gasteiger charge is 2.11. The van der Waals surface area contributed by atoms with Gasteiger partial charge in [0.1, 0.15) is 0 Å². The largest absolute Gasteiger partial charge is 0.490 e. The zero-order valence-electron chi connectivity index (χ0n) is 13.6. The van der Waals surface area contributed by atoms with Gasteiger partial charge in [-0.2, -0.15) is 0 Å². The minimum Gasteiger partial charge on any atom is -0.490 e. The molecule has 1 aliphatic rings. The van der Waals surface area contributed by atoms with Crippen molar-refractivity contribution in [3.8, 4) is 11.5 Å². The van der Waals surface area contributed by atoms with Gasteiger partial charge in [0.25, 0.3) is 0 Å². The van der Waals surface area contributed by atoms with Gasteiger partial charge in [-0.15, -0.1) is 0 Å². The SMILES string of the molecule is OC(CNc1ccc2c(c1)OCCCO2)COCc1ccccc1. The lowest BCUT2D eigenvalue weighted by Gasteiger charge is -2.15. The van der Waals surface area contributed by atoms with Crippen LogP contribution in [-0.4, -0.2) is 37.6 Å². The van der Waals surface area contributed by atoms with Crippen molar-refractivity contribution in [2.24, 2.45) is 0 Å². The van der Waals surface area contributed by atoms with Crippen molar-refractivity contribution in [3.63, 3.8) is 0 Å². The van der Waals surface area contributed by atoms with Crippen LogP contribution in [0.2, 0.25) is 0 Å². The number of aliphatic hydroxyl groups is 1. The van der Waals surface area contributed by atoms with E-state index in [4.69, 9.17) is 14.2 Å². The first-order valence-electron chi connectivity index (χ1n) is 8.24. The van der Waals surface area contributed by atoms with Crippen LogP contribution in [0.5, 0.6) is 11.5 Å². The van der Waals surface area contributed by atoms with E-state index in [1.165, 1.54) is 0 Å². The Labute approximate surface area is 142 Å². The Morgan fingerprint density at radius 1 is 1.04 bits per heavy atom. The summed E-state index contributed by atoms with van der Waals surface area (Å²) in [6, 6.07) is 15.6. The van der Waals surface area contributed by atoms with Gasteiger partial charge in [0.15, 0.2) is 11.5 Å². The Morgan fingerprint density at radius 3 is 2.67 bits per heavy atom. The number of rotatable bonds is 7. The summed E-state index contributed by atoms with van der Waals surface area (Å²) >= 11 is 0. The fraction of sp³-hybridized carbons (Fsp3) is 0.368. The summed E-state index contributed by atoms with van der Waals surface area (Å²) in [5.41, 5.74) is 1.99. The van der Waals surface area contributed by atoms with E-state index in [9.17, 15) is 5.11 Å². The molecule has 0 saturated carbocycles. The summed E-state index contributed by atoms with van der Waals surface area (Å²) in [5, 5.41) is 13.2. The standard InChI is InChI=1S/C19H23NO4/c21-17(14-22-13-15-5-2-1-3-6-15)12-20-16-7-8-18-19(11-16)24-10-4-9-23-18/h1-3,5-8,11,17,20-21H,4,9-10,12-14H2. The first-order chi connectivity index (χ1) is 11.8. The number of anilines is 1. The van der Waals surface area contributed by atoms with E-state index in [2.05, 4.69) is 5.32 Å². The first kappa shape index (κ1) is 16.6. The maximum absolute atomic E-state index is 10.0. The van der Waals surface area contributed by atoms with E-state index in [0.717, 1.165) is 29.2 Å². The molecule has 1 heterocycles. The summed E-state index contributed by atoms with van der Waals surface area (Å²) in [6.45, 7) is 2.53. The van der Waals surface area contributed by atoms with Crippen LogP contribution in [0.3, 0.4) is 0 Å². The molecule has 0 radical (unpaired) electrons. The van der Waals surface area contributed by atoms with Gasteiger partial charge < -0.3 is 24.6 Å². The number of aliphatic hydroxyl groups excluding tert-OH is 1. The second kappa shape index (κ2) is 8.57. The summed E-state index contributed by atoms with van der Waals surface area (Å²) in [7, 11) is 0. The predicted octanol–water partition coefficient (Wildman–Crippen LogP) is 2.84. The summed E-state index contributed by atoms with van der Waals surface area (Å²) in [6.07, 6.45) is 0.305. The van der Waals surface area contributed by atoms with Gasteiger partial charge in [-0.1, -0.05) is 30.3 Å². The summed E-state index contributed by atoms with van der Waals surface area (Å²) in [4.78, 5) is 0. The highest BCUT2D eigenvalue weighted by Crippen LogP contribution is 2.32. The zero-order chi connectivity index (χ0) is 16.6. The molecular weight excluding hydrogens is 306 g/mol. The summed E-state index contributed by atoms with van der Waals surface area (Å²) < 4.78 is 16.8. The van der Waals surface area contributed by atoms with Crippen molar-refractivity contribution in [3.05, 3.63) is 54.1 Å². The van der Waals surface area contributed by atoms with E-state index >= 15 is 0 Å². The minimum atomic E-state index is -0.579. The van der Waals surface area contributed by atoms with Crippen LogP contribution in [-0.2, 0) is 11.3 Å². The van der Waals surface area contributed by atoms with Gasteiger partial charge in [0, 0.05) is 24.7 Å². The quantitative estimate of drug-likeness (QED) is 0.818. The Morgan fingerprint density at radius 2 is 1.83 bits per heavy atom. The van der Waals surface area contributed by atoms with Crippen LogP contribution in [0.4, 0.5) is 5.69 Å². The topological polar surface area (TPSA) is 60.0 Å². The van der Waals surface area contributed by atoms with Gasteiger partial charge in [0.2, 0.25) is 0 Å². The molecule has 5 heteroatoms. The van der Waals surface area contributed by atoms with Crippen LogP contribution >= 0.6 is 0 Å². The van der Waals surface area contributed by atoms with Crippen molar-refractivity contribution in [1.29, 1.82) is 0 Å². The van der Waals surface area contributed by atoms with Gasteiger partial charge in [0.05, 0.1) is 32.5 Å². The Kier molecular flexibility index (Phi) is 5.93. The molecule has 1 atom stereocenters. The van der Waals surface area contributed by atoms with Crippen molar-refractivity contribution in [2.75, 3.05) is 31.7 Å². The molecule has 2 aromatic rings. The van der Waals surface area contributed by atoms with Crippen molar-refractivity contribution in [1.82, 2.24) is 0 Å². The fourth-order valence-corrected chi connectivity index (χ4v) is 2.45. The number of benzene rings is 2. The van der Waals surface area contributed by atoms with Crippen molar-refractivity contribution >= 4 is 5.69 Å². The molecule has 0 spiro atoms. The van der Waals surface area contributed by atoms with Gasteiger partial charge in [-0.05, 0) is 17.7 Å². The molecule has 2 aromatic carbocycles. The normalized spacial score (nSPS) is 14.7. The van der Waals surface area contributed by atoms with Crippen LogP contribution in [0.25, 0.3) is 0 Å². The molecule has 128 valence electrons. The van der Waals surface area contributed by atoms with Crippen LogP contribution in [0.15, 0.2) is 48.5 Å². The Bertz CT molecular complexity index is 633. The summed E-state index contributed by atoms with van der Waals surface area (Å²) in [5.74, 6) is 1.51. The maximum atomic E-state index is 10.0.